The standard InChI is InChI=1S/C26H29NO6S/c1-30-22-13-18-10-11-27(25(24-5-4-12-34-24)21(18)14-23(22)31-2)15-19(28)16-33-20-8-6-17(7-9-20)26(29)32-3/h4-9,12-14,19,25,28H,10-11,15-16H2,1-3H3/t19-,25-/m1/s1. The summed E-state index contributed by atoms with van der Waals surface area (Å²) in [6, 6.07) is 15.0. The minimum atomic E-state index is -0.690. The number of methoxy groups -OCH3 is 3. The first-order valence-electron chi connectivity index (χ1n) is 11.1. The van der Waals surface area contributed by atoms with Crippen molar-refractivity contribution in [2.45, 2.75) is 18.6 Å². The number of β-amino-alcohol motifs (C(OH)–C–C–N with tert-alkyl or cyclic N) is 1. The lowest BCUT2D eigenvalue weighted by Gasteiger charge is -2.38. The third-order valence-electron chi connectivity index (χ3n) is 5.95. The second kappa shape index (κ2) is 10.9. The van der Waals surface area contributed by atoms with Crippen LogP contribution >= 0.6 is 11.3 Å². The fourth-order valence-electron chi connectivity index (χ4n) is 4.30. The first kappa shape index (κ1) is 24.1. The number of aliphatic hydroxyl groups is 1. The van der Waals surface area contributed by atoms with Crippen LogP contribution in [0.2, 0.25) is 0 Å². The quantitative estimate of drug-likeness (QED) is 0.462. The third-order valence-corrected chi connectivity index (χ3v) is 6.87. The smallest absolute Gasteiger partial charge is 0.337 e. The molecular weight excluding hydrogens is 454 g/mol. The highest BCUT2D eigenvalue weighted by molar-refractivity contribution is 7.10. The number of carbonyl (C=O) groups is 1. The van der Waals surface area contributed by atoms with E-state index in [4.69, 9.17) is 18.9 Å². The summed E-state index contributed by atoms with van der Waals surface area (Å²) in [4.78, 5) is 15.1. The minimum absolute atomic E-state index is 0.0116. The molecule has 0 saturated carbocycles. The highest BCUT2D eigenvalue weighted by atomic mass is 32.1. The van der Waals surface area contributed by atoms with E-state index in [2.05, 4.69) is 28.5 Å². The van der Waals surface area contributed by atoms with E-state index >= 15 is 0 Å². The van der Waals surface area contributed by atoms with E-state index in [1.807, 2.05) is 6.07 Å². The van der Waals surface area contributed by atoms with Gasteiger partial charge in [0.1, 0.15) is 18.5 Å². The van der Waals surface area contributed by atoms with Crippen LogP contribution in [-0.2, 0) is 11.2 Å². The number of aliphatic hydroxyl groups excluding tert-OH is 1. The van der Waals surface area contributed by atoms with Gasteiger partial charge < -0.3 is 24.1 Å². The van der Waals surface area contributed by atoms with Crippen molar-refractivity contribution >= 4 is 17.3 Å². The van der Waals surface area contributed by atoms with E-state index in [-0.39, 0.29) is 12.6 Å². The van der Waals surface area contributed by atoms with E-state index in [9.17, 15) is 9.90 Å². The maximum atomic E-state index is 11.6. The number of fused-ring (bicyclic) bond motifs is 1. The molecule has 8 heteroatoms. The van der Waals surface area contributed by atoms with Gasteiger partial charge in [0, 0.05) is 18.0 Å². The number of benzene rings is 2. The first-order chi connectivity index (χ1) is 16.5. The topological polar surface area (TPSA) is 77.5 Å². The summed E-state index contributed by atoms with van der Waals surface area (Å²) in [5, 5.41) is 12.9. The molecule has 1 N–H and O–H groups in total. The molecule has 180 valence electrons. The van der Waals surface area contributed by atoms with Crippen molar-refractivity contribution in [2.75, 3.05) is 41.0 Å². The van der Waals surface area contributed by atoms with Gasteiger partial charge in [-0.2, -0.15) is 0 Å². The molecule has 0 unspecified atom stereocenters. The average Bonchev–Trinajstić information content (AvgIpc) is 3.40. The summed E-state index contributed by atoms with van der Waals surface area (Å²) in [6.45, 7) is 1.40. The Kier molecular flexibility index (Phi) is 7.72. The van der Waals surface area contributed by atoms with Crippen molar-refractivity contribution in [1.82, 2.24) is 4.90 Å². The molecule has 3 aromatic rings. The van der Waals surface area contributed by atoms with E-state index in [0.717, 1.165) is 24.3 Å². The largest absolute Gasteiger partial charge is 0.493 e. The third kappa shape index (κ3) is 5.19. The number of nitrogens with zero attached hydrogens (tertiary/aromatic N) is 1. The summed E-state index contributed by atoms with van der Waals surface area (Å²) < 4.78 is 21.6. The molecule has 2 aromatic carbocycles. The average molecular weight is 484 g/mol. The maximum Gasteiger partial charge on any atom is 0.337 e. The van der Waals surface area contributed by atoms with Crippen LogP contribution in [0.25, 0.3) is 0 Å². The van der Waals surface area contributed by atoms with Crippen LogP contribution < -0.4 is 14.2 Å². The van der Waals surface area contributed by atoms with Crippen molar-refractivity contribution < 1.29 is 28.8 Å². The highest BCUT2D eigenvalue weighted by Gasteiger charge is 2.32. The van der Waals surface area contributed by atoms with Crippen molar-refractivity contribution in [3.8, 4) is 17.2 Å². The van der Waals surface area contributed by atoms with Gasteiger partial charge in [-0.1, -0.05) is 6.07 Å². The van der Waals surface area contributed by atoms with Gasteiger partial charge in [0.25, 0.3) is 0 Å². The summed E-state index contributed by atoms with van der Waals surface area (Å²) >= 11 is 1.70. The van der Waals surface area contributed by atoms with Crippen molar-refractivity contribution in [3.63, 3.8) is 0 Å². The van der Waals surface area contributed by atoms with Gasteiger partial charge in [-0.25, -0.2) is 4.79 Å². The molecule has 1 aliphatic heterocycles. The molecule has 1 aromatic heterocycles. The summed E-state index contributed by atoms with van der Waals surface area (Å²) in [5.74, 6) is 1.61. The highest BCUT2D eigenvalue weighted by Crippen LogP contribution is 2.42. The molecule has 34 heavy (non-hydrogen) atoms. The Labute approximate surface area is 203 Å². The number of hydrogen-bond acceptors (Lipinski definition) is 8. The molecule has 0 spiro atoms. The Balaban J connectivity index is 1.48. The number of carbonyl (C=O) groups excluding carboxylic acids is 1. The van der Waals surface area contributed by atoms with E-state index < -0.39 is 12.1 Å². The molecule has 2 atom stereocenters. The number of thiophene rings is 1. The molecule has 0 radical (unpaired) electrons. The van der Waals surface area contributed by atoms with E-state index in [1.54, 1.807) is 49.8 Å². The zero-order chi connectivity index (χ0) is 24.1. The maximum absolute atomic E-state index is 11.6. The number of ether oxygens (including phenoxy) is 4. The van der Waals surface area contributed by atoms with Gasteiger partial charge in [0.05, 0.1) is 32.9 Å². The van der Waals surface area contributed by atoms with Crippen molar-refractivity contribution in [1.29, 1.82) is 0 Å². The fourth-order valence-corrected chi connectivity index (χ4v) is 5.17. The monoisotopic (exact) mass is 483 g/mol. The van der Waals surface area contributed by atoms with Crippen LogP contribution in [-0.4, -0.2) is 63.1 Å². The molecule has 7 nitrogen and oxygen atoms in total. The Hall–Kier alpha value is -3.07. The zero-order valence-electron chi connectivity index (χ0n) is 19.5. The van der Waals surface area contributed by atoms with Gasteiger partial charge >= 0.3 is 5.97 Å². The molecule has 1 aliphatic rings. The Morgan fingerprint density at radius 2 is 1.85 bits per heavy atom. The first-order valence-corrected chi connectivity index (χ1v) is 11.9. The number of esters is 1. The molecule has 2 heterocycles. The van der Waals surface area contributed by atoms with Crippen molar-refractivity contribution in [2.24, 2.45) is 0 Å². The van der Waals surface area contributed by atoms with Crippen LogP contribution in [0.15, 0.2) is 53.9 Å². The fraction of sp³-hybridized carbons (Fsp3) is 0.346. The van der Waals surface area contributed by atoms with Crippen LogP contribution in [0.3, 0.4) is 0 Å². The normalized spacial score (nSPS) is 16.4. The lowest BCUT2D eigenvalue weighted by Crippen LogP contribution is -2.42. The number of hydrogen-bond donors (Lipinski definition) is 1. The molecule has 0 saturated heterocycles. The van der Waals surface area contributed by atoms with Crippen LogP contribution in [0.1, 0.15) is 32.4 Å². The Bertz CT molecular complexity index is 1100. The minimum Gasteiger partial charge on any atom is -0.493 e. The van der Waals surface area contributed by atoms with Crippen LogP contribution in [0.5, 0.6) is 17.2 Å². The van der Waals surface area contributed by atoms with Crippen LogP contribution in [0, 0.1) is 0 Å². The second-order valence-electron chi connectivity index (χ2n) is 8.05. The van der Waals surface area contributed by atoms with Crippen LogP contribution in [0.4, 0.5) is 0 Å². The zero-order valence-corrected chi connectivity index (χ0v) is 20.3. The lowest BCUT2D eigenvalue weighted by atomic mass is 9.90. The molecule has 0 bridgehead atoms. The molecule has 0 fully saturated rings. The molecule has 0 amide bonds. The molecular formula is C26H29NO6S. The van der Waals surface area contributed by atoms with E-state index in [0.29, 0.717) is 23.6 Å². The summed E-state index contributed by atoms with van der Waals surface area (Å²) in [6.07, 6.45) is 0.157. The number of rotatable bonds is 9. The summed E-state index contributed by atoms with van der Waals surface area (Å²) in [5.41, 5.74) is 2.84. The summed E-state index contributed by atoms with van der Waals surface area (Å²) in [7, 11) is 4.64. The SMILES string of the molecule is COC(=O)c1ccc(OC[C@H](O)CN2CCc3cc(OC)c(OC)cc3[C@@H]2c2cccs2)cc1. The second-order valence-corrected chi connectivity index (χ2v) is 9.03. The molecule has 0 aliphatic carbocycles. The van der Waals surface area contributed by atoms with Gasteiger partial charge in [-0.15, -0.1) is 11.3 Å². The van der Waals surface area contributed by atoms with Crippen molar-refractivity contribution in [3.05, 3.63) is 75.5 Å². The van der Waals surface area contributed by atoms with Gasteiger partial charge in [-0.05, 0) is 65.4 Å². The van der Waals surface area contributed by atoms with Gasteiger partial charge in [0.2, 0.25) is 0 Å². The lowest BCUT2D eigenvalue weighted by molar-refractivity contribution is 0.0556. The molecule has 4 rings (SSSR count). The predicted octanol–water partition coefficient (Wildman–Crippen LogP) is 3.94. The van der Waals surface area contributed by atoms with Gasteiger partial charge in [0.15, 0.2) is 11.5 Å². The Morgan fingerprint density at radius 3 is 2.50 bits per heavy atom. The van der Waals surface area contributed by atoms with Gasteiger partial charge in [-0.3, -0.25) is 4.90 Å². The van der Waals surface area contributed by atoms with E-state index in [1.165, 1.54) is 17.6 Å². The predicted molar refractivity (Wildman–Crippen MR) is 130 cm³/mol. The Morgan fingerprint density at radius 1 is 1.12 bits per heavy atom.